The summed E-state index contributed by atoms with van der Waals surface area (Å²) in [7, 11) is -3.49. The van der Waals surface area contributed by atoms with Crippen molar-refractivity contribution in [2.45, 2.75) is 25.3 Å². The molecule has 0 bridgehead atoms. The van der Waals surface area contributed by atoms with Crippen LogP contribution in [0.25, 0.3) is 33.4 Å². The van der Waals surface area contributed by atoms with Gasteiger partial charge in [0.25, 0.3) is 0 Å². The van der Waals surface area contributed by atoms with Crippen LogP contribution in [0.3, 0.4) is 0 Å². The molecule has 9 heteroatoms. The highest BCUT2D eigenvalue weighted by Crippen LogP contribution is 2.33. The summed E-state index contributed by atoms with van der Waals surface area (Å²) in [4.78, 5) is 4.46. The van der Waals surface area contributed by atoms with Crippen molar-refractivity contribution in [3.8, 4) is 28.3 Å². The Labute approximate surface area is 178 Å². The molecule has 2 heterocycles. The average molecular weight is 435 g/mol. The van der Waals surface area contributed by atoms with E-state index in [1.165, 1.54) is 31.2 Å². The molecule has 2 aromatic heterocycles. The van der Waals surface area contributed by atoms with Gasteiger partial charge in [0.15, 0.2) is 15.5 Å². The van der Waals surface area contributed by atoms with Crippen LogP contribution in [0.1, 0.15) is 19.4 Å². The predicted molar refractivity (Wildman–Crippen MR) is 114 cm³/mol. The van der Waals surface area contributed by atoms with E-state index in [0.29, 0.717) is 34.4 Å². The third-order valence-electron chi connectivity index (χ3n) is 5.16. The van der Waals surface area contributed by atoms with Crippen LogP contribution >= 0.6 is 0 Å². The Morgan fingerprint density at radius 2 is 1.90 bits per heavy atom. The fraction of sp³-hybridized carbons (Fsp3) is 0.182. The molecule has 4 aromatic rings. The van der Waals surface area contributed by atoms with Gasteiger partial charge < -0.3 is 4.57 Å². The van der Waals surface area contributed by atoms with E-state index >= 15 is 0 Å². The third-order valence-corrected chi connectivity index (χ3v) is 6.90. The fourth-order valence-corrected chi connectivity index (χ4v) is 4.33. The number of nitrogens with zero attached hydrogens (tertiary/aromatic N) is 5. The molecule has 0 amide bonds. The summed E-state index contributed by atoms with van der Waals surface area (Å²) < 4.78 is 41.0. The molecule has 0 fully saturated rings. The lowest BCUT2D eigenvalue weighted by Gasteiger charge is -2.11. The van der Waals surface area contributed by atoms with Gasteiger partial charge in [0.2, 0.25) is 0 Å². The lowest BCUT2D eigenvalue weighted by Crippen LogP contribution is -2.04. The van der Waals surface area contributed by atoms with Gasteiger partial charge in [0.05, 0.1) is 34.8 Å². The first-order valence-corrected chi connectivity index (χ1v) is 11.3. The number of hydrogen-bond acceptors (Lipinski definition) is 6. The summed E-state index contributed by atoms with van der Waals surface area (Å²) in [6.45, 7) is 4.18. The van der Waals surface area contributed by atoms with Gasteiger partial charge in [-0.1, -0.05) is 19.1 Å². The number of rotatable bonds is 5. The van der Waals surface area contributed by atoms with Gasteiger partial charge >= 0.3 is 0 Å². The molecule has 156 valence electrons. The normalized spacial score (nSPS) is 11.5. The molecule has 7 nitrogen and oxygen atoms in total. The molecule has 0 saturated carbocycles. The summed E-state index contributed by atoms with van der Waals surface area (Å²) in [5, 5.41) is 17.8. The summed E-state index contributed by atoms with van der Waals surface area (Å²) in [6.07, 6.45) is 3.24. The van der Waals surface area contributed by atoms with Crippen molar-refractivity contribution in [3.63, 3.8) is 0 Å². The Balaban J connectivity index is 1.89. The van der Waals surface area contributed by atoms with Crippen LogP contribution in [0.4, 0.5) is 4.39 Å². The zero-order valence-corrected chi connectivity index (χ0v) is 17.7. The first-order chi connectivity index (χ1) is 14.9. The largest absolute Gasteiger partial charge is 0.314 e. The molecule has 0 atom stereocenters. The van der Waals surface area contributed by atoms with Crippen LogP contribution in [0, 0.1) is 17.1 Å². The van der Waals surface area contributed by atoms with Gasteiger partial charge in [-0.2, -0.15) is 10.4 Å². The number of fused-ring (bicyclic) bond motifs is 1. The predicted octanol–water partition coefficient (Wildman–Crippen LogP) is 3.98. The topological polar surface area (TPSA) is 102 Å². The highest BCUT2D eigenvalue weighted by atomic mass is 32.2. The first kappa shape index (κ1) is 20.6. The van der Waals surface area contributed by atoms with E-state index in [1.807, 2.05) is 17.6 Å². The lowest BCUT2D eigenvalue weighted by atomic mass is 9.96. The minimum absolute atomic E-state index is 0.0389. The number of sulfone groups is 1. The molecule has 31 heavy (non-hydrogen) atoms. The summed E-state index contributed by atoms with van der Waals surface area (Å²) in [6, 6.07) is 10.7. The maximum atomic E-state index is 14.8. The molecular formula is C22H18FN5O2S. The van der Waals surface area contributed by atoms with Crippen LogP contribution in [-0.4, -0.2) is 33.9 Å². The monoisotopic (exact) mass is 435 g/mol. The van der Waals surface area contributed by atoms with Gasteiger partial charge in [0.1, 0.15) is 11.3 Å². The quantitative estimate of drug-likeness (QED) is 0.470. The molecule has 0 aliphatic heterocycles. The molecular weight excluding hydrogens is 417 g/mol. The second-order valence-electron chi connectivity index (χ2n) is 6.88. The Hall–Kier alpha value is -3.64. The van der Waals surface area contributed by atoms with Crippen LogP contribution < -0.4 is 0 Å². The van der Waals surface area contributed by atoms with Crippen LogP contribution in [0.2, 0.25) is 0 Å². The van der Waals surface area contributed by atoms with Gasteiger partial charge in [-0.05, 0) is 36.8 Å². The number of aromatic nitrogens is 4. The van der Waals surface area contributed by atoms with E-state index in [4.69, 9.17) is 0 Å². The number of nitriles is 1. The molecule has 0 radical (unpaired) electrons. The number of imidazole rings is 1. The number of benzene rings is 2. The van der Waals surface area contributed by atoms with Gasteiger partial charge in [0, 0.05) is 23.2 Å². The Kier molecular flexibility index (Phi) is 5.25. The van der Waals surface area contributed by atoms with E-state index in [9.17, 15) is 18.1 Å². The first-order valence-electron chi connectivity index (χ1n) is 9.63. The van der Waals surface area contributed by atoms with Crippen molar-refractivity contribution in [2.24, 2.45) is 0 Å². The third kappa shape index (κ3) is 3.55. The van der Waals surface area contributed by atoms with Crippen LogP contribution in [0.5, 0.6) is 0 Å². The van der Waals surface area contributed by atoms with Gasteiger partial charge in [-0.25, -0.2) is 17.8 Å². The summed E-state index contributed by atoms with van der Waals surface area (Å²) in [5.74, 6) is -0.611. The van der Waals surface area contributed by atoms with Crippen LogP contribution in [-0.2, 0) is 16.4 Å². The van der Waals surface area contributed by atoms with E-state index in [2.05, 4.69) is 15.2 Å². The summed E-state index contributed by atoms with van der Waals surface area (Å²) >= 11 is 0. The minimum Gasteiger partial charge on any atom is -0.314 e. The van der Waals surface area contributed by atoms with E-state index in [1.54, 1.807) is 24.7 Å². The molecule has 4 rings (SSSR count). The van der Waals surface area contributed by atoms with Gasteiger partial charge in [-0.3, -0.25) is 0 Å². The van der Waals surface area contributed by atoms with Crippen molar-refractivity contribution in [1.82, 2.24) is 19.7 Å². The molecule has 2 aromatic carbocycles. The van der Waals surface area contributed by atoms with E-state index < -0.39 is 15.7 Å². The van der Waals surface area contributed by atoms with Crippen molar-refractivity contribution in [3.05, 3.63) is 60.3 Å². The van der Waals surface area contributed by atoms with Crippen molar-refractivity contribution < 1.29 is 12.8 Å². The fourth-order valence-electron chi connectivity index (χ4n) is 3.43. The minimum atomic E-state index is -3.49. The Morgan fingerprint density at radius 3 is 2.61 bits per heavy atom. The van der Waals surface area contributed by atoms with Gasteiger partial charge in [-0.15, -0.1) is 5.10 Å². The zero-order valence-electron chi connectivity index (χ0n) is 16.9. The zero-order chi connectivity index (χ0) is 22.2. The number of hydrogen-bond donors (Lipinski definition) is 0. The highest BCUT2D eigenvalue weighted by molar-refractivity contribution is 7.91. The van der Waals surface area contributed by atoms with E-state index in [0.717, 1.165) is 0 Å². The van der Waals surface area contributed by atoms with Crippen molar-refractivity contribution in [1.29, 1.82) is 5.26 Å². The molecule has 0 aliphatic carbocycles. The molecule has 0 aliphatic rings. The SMILES string of the molecule is CCn1cnc2c(-c3ccc(F)c(-c4ccc(S(=O)(=O)CC)cc4C#N)c3)cnnc21. The Bertz CT molecular complexity index is 1450. The second kappa shape index (κ2) is 7.89. The molecule has 0 N–H and O–H groups in total. The van der Waals surface area contributed by atoms with E-state index in [-0.39, 0.29) is 21.8 Å². The molecule has 0 unspecified atom stereocenters. The number of halogens is 1. The Morgan fingerprint density at radius 1 is 1.10 bits per heavy atom. The maximum Gasteiger partial charge on any atom is 0.183 e. The van der Waals surface area contributed by atoms with Crippen molar-refractivity contribution in [2.75, 3.05) is 5.75 Å². The molecule has 0 saturated heterocycles. The average Bonchev–Trinajstić information content (AvgIpc) is 3.22. The second-order valence-corrected chi connectivity index (χ2v) is 9.16. The number of aryl methyl sites for hydroxylation is 1. The maximum absolute atomic E-state index is 14.8. The highest BCUT2D eigenvalue weighted by Gasteiger charge is 2.18. The van der Waals surface area contributed by atoms with Crippen LogP contribution in [0.15, 0.2) is 53.8 Å². The molecule has 0 spiro atoms. The standard InChI is InChI=1S/C22H18FN5O2S/c1-3-28-13-25-21-19(12-26-27-22(21)28)14-5-8-20(23)18(10-14)17-7-6-16(9-15(17)11-24)31(29,30)4-2/h5-10,12-13H,3-4H2,1-2H3. The van der Waals surface area contributed by atoms with Crippen molar-refractivity contribution >= 4 is 21.0 Å². The smallest absolute Gasteiger partial charge is 0.183 e. The lowest BCUT2D eigenvalue weighted by molar-refractivity contribution is 0.597. The summed E-state index contributed by atoms with van der Waals surface area (Å²) in [5.41, 5.74) is 3.19.